The summed E-state index contributed by atoms with van der Waals surface area (Å²) in [4.78, 5) is 28.2. The molecule has 4 aromatic rings. The molecule has 35 heavy (non-hydrogen) atoms. The van der Waals surface area contributed by atoms with Crippen LogP contribution in [0.4, 0.5) is 11.4 Å². The highest BCUT2D eigenvalue weighted by molar-refractivity contribution is 6.10. The Morgan fingerprint density at radius 2 is 1.49 bits per heavy atom. The van der Waals surface area contributed by atoms with Crippen molar-refractivity contribution >= 4 is 23.2 Å². The number of nitrogens with one attached hydrogen (secondary N) is 1. The van der Waals surface area contributed by atoms with Gasteiger partial charge >= 0.3 is 0 Å². The molecule has 3 N–H and O–H groups in total. The third kappa shape index (κ3) is 4.59. The van der Waals surface area contributed by atoms with E-state index in [2.05, 4.69) is 11.4 Å². The Kier molecular flexibility index (Phi) is 6.42. The molecule has 0 saturated heterocycles. The molecule has 1 heterocycles. The number of carbonyl (C=O) groups excluding carboxylic acids is 2. The molecule has 1 aliphatic rings. The molecule has 5 rings (SSSR count). The summed E-state index contributed by atoms with van der Waals surface area (Å²) in [7, 11) is 0. The summed E-state index contributed by atoms with van der Waals surface area (Å²) in [6, 6.07) is 30.5. The maximum atomic E-state index is 13.2. The Morgan fingerprint density at radius 1 is 0.800 bits per heavy atom. The Hall–Kier alpha value is -4.22. The molecule has 0 spiro atoms. The van der Waals surface area contributed by atoms with E-state index in [0.29, 0.717) is 29.9 Å². The topological polar surface area (TPSA) is 75.4 Å². The van der Waals surface area contributed by atoms with E-state index in [0.717, 1.165) is 35.2 Å². The van der Waals surface area contributed by atoms with E-state index in [4.69, 9.17) is 5.73 Å². The Labute approximate surface area is 205 Å². The Bertz CT molecular complexity index is 1380. The van der Waals surface area contributed by atoms with Crippen LogP contribution >= 0.6 is 0 Å². The second-order valence-electron chi connectivity index (χ2n) is 8.63. The SMILES string of the molecule is NCc1ccccc1-c1ccccc1C(=O)Nc1ccc(C(=O)N2CCCc3ccccc32)cc1. The van der Waals surface area contributed by atoms with Crippen LogP contribution in [0.1, 0.15) is 38.3 Å². The number of anilines is 2. The van der Waals surface area contributed by atoms with Crippen LogP contribution in [0.25, 0.3) is 11.1 Å². The smallest absolute Gasteiger partial charge is 0.258 e. The van der Waals surface area contributed by atoms with Gasteiger partial charge in [-0.1, -0.05) is 60.7 Å². The molecule has 0 saturated carbocycles. The molecular weight excluding hydrogens is 434 g/mol. The molecule has 0 aliphatic carbocycles. The summed E-state index contributed by atoms with van der Waals surface area (Å²) < 4.78 is 0. The number of nitrogens with zero attached hydrogens (tertiary/aromatic N) is 1. The van der Waals surface area contributed by atoms with Crippen molar-refractivity contribution in [3.63, 3.8) is 0 Å². The van der Waals surface area contributed by atoms with E-state index < -0.39 is 0 Å². The molecular formula is C30H27N3O2. The van der Waals surface area contributed by atoms with Crippen molar-refractivity contribution in [3.8, 4) is 11.1 Å². The largest absolute Gasteiger partial charge is 0.326 e. The van der Waals surface area contributed by atoms with Crippen molar-refractivity contribution in [1.82, 2.24) is 0 Å². The lowest BCUT2D eigenvalue weighted by atomic mass is 9.95. The number of nitrogens with two attached hydrogens (primary N) is 1. The molecule has 5 heteroatoms. The first kappa shape index (κ1) is 22.6. The third-order valence-electron chi connectivity index (χ3n) is 6.44. The van der Waals surface area contributed by atoms with Crippen molar-refractivity contribution in [3.05, 3.63) is 119 Å². The van der Waals surface area contributed by atoms with Gasteiger partial charge in [0.1, 0.15) is 0 Å². The second kappa shape index (κ2) is 9.95. The lowest BCUT2D eigenvalue weighted by Gasteiger charge is -2.29. The summed E-state index contributed by atoms with van der Waals surface area (Å²) in [6.07, 6.45) is 1.94. The zero-order chi connectivity index (χ0) is 24.2. The number of hydrogen-bond acceptors (Lipinski definition) is 3. The van der Waals surface area contributed by atoms with Crippen molar-refractivity contribution in [1.29, 1.82) is 0 Å². The molecule has 0 radical (unpaired) electrons. The van der Waals surface area contributed by atoms with Crippen molar-refractivity contribution in [2.75, 3.05) is 16.8 Å². The summed E-state index contributed by atoms with van der Waals surface area (Å²) in [5.74, 6) is -0.241. The lowest BCUT2D eigenvalue weighted by molar-refractivity contribution is 0.0984. The highest BCUT2D eigenvalue weighted by atomic mass is 16.2. The van der Waals surface area contributed by atoms with E-state index in [-0.39, 0.29) is 11.8 Å². The zero-order valence-electron chi connectivity index (χ0n) is 19.4. The molecule has 0 fully saturated rings. The van der Waals surface area contributed by atoms with Gasteiger partial charge < -0.3 is 16.0 Å². The fourth-order valence-corrected chi connectivity index (χ4v) is 4.67. The summed E-state index contributed by atoms with van der Waals surface area (Å²) in [5, 5.41) is 2.97. The summed E-state index contributed by atoms with van der Waals surface area (Å²) in [6.45, 7) is 1.10. The van der Waals surface area contributed by atoms with Gasteiger partial charge in [0.25, 0.3) is 11.8 Å². The number of carbonyl (C=O) groups is 2. The monoisotopic (exact) mass is 461 g/mol. The normalized spacial score (nSPS) is 12.7. The average molecular weight is 462 g/mol. The van der Waals surface area contributed by atoms with E-state index in [1.54, 1.807) is 24.3 Å². The number of benzene rings is 4. The molecule has 0 atom stereocenters. The number of rotatable bonds is 5. The van der Waals surface area contributed by atoms with Gasteiger partial charge in [0.15, 0.2) is 0 Å². The molecule has 0 unspecified atom stereocenters. The maximum Gasteiger partial charge on any atom is 0.258 e. The number of hydrogen-bond donors (Lipinski definition) is 2. The minimum atomic E-state index is -0.212. The standard InChI is InChI=1S/C30H27N3O2/c31-20-23-9-1-3-11-25(23)26-12-4-5-13-27(26)29(34)32-24-17-15-22(16-18-24)30(35)33-19-7-10-21-8-2-6-14-28(21)33/h1-6,8-9,11-18H,7,10,19-20,31H2,(H,32,34). The first-order valence-electron chi connectivity index (χ1n) is 11.8. The van der Waals surface area contributed by atoms with Crippen molar-refractivity contribution in [2.24, 2.45) is 5.73 Å². The highest BCUT2D eigenvalue weighted by Crippen LogP contribution is 2.29. The van der Waals surface area contributed by atoms with Crippen LogP contribution in [0.2, 0.25) is 0 Å². The summed E-state index contributed by atoms with van der Waals surface area (Å²) >= 11 is 0. The predicted octanol–water partition coefficient (Wildman–Crippen LogP) is 5.66. The first-order chi connectivity index (χ1) is 17.2. The fourth-order valence-electron chi connectivity index (χ4n) is 4.67. The van der Waals surface area contributed by atoms with Gasteiger partial charge in [-0.25, -0.2) is 0 Å². The van der Waals surface area contributed by atoms with Crippen LogP contribution in [0.15, 0.2) is 97.1 Å². The number of aryl methyl sites for hydroxylation is 1. The zero-order valence-corrected chi connectivity index (χ0v) is 19.4. The van der Waals surface area contributed by atoms with Crippen LogP contribution in [0.5, 0.6) is 0 Å². The van der Waals surface area contributed by atoms with Crippen LogP contribution in [0.3, 0.4) is 0 Å². The van der Waals surface area contributed by atoms with Gasteiger partial charge in [0, 0.05) is 35.6 Å². The summed E-state index contributed by atoms with van der Waals surface area (Å²) in [5.41, 5.74) is 12.7. The van der Waals surface area contributed by atoms with E-state index in [9.17, 15) is 9.59 Å². The fraction of sp³-hybridized carbons (Fsp3) is 0.133. The van der Waals surface area contributed by atoms with Crippen LogP contribution in [0, 0.1) is 0 Å². The average Bonchev–Trinajstić information content (AvgIpc) is 2.92. The highest BCUT2D eigenvalue weighted by Gasteiger charge is 2.23. The van der Waals surface area contributed by atoms with Crippen LogP contribution < -0.4 is 16.0 Å². The lowest BCUT2D eigenvalue weighted by Crippen LogP contribution is -2.35. The Morgan fingerprint density at radius 3 is 2.29 bits per heavy atom. The van der Waals surface area contributed by atoms with Crippen LogP contribution in [-0.4, -0.2) is 18.4 Å². The van der Waals surface area contributed by atoms with E-state index in [1.165, 1.54) is 5.56 Å². The van der Waals surface area contributed by atoms with Crippen LogP contribution in [-0.2, 0) is 13.0 Å². The molecule has 1 aliphatic heterocycles. The second-order valence-corrected chi connectivity index (χ2v) is 8.63. The predicted molar refractivity (Wildman–Crippen MR) is 141 cm³/mol. The van der Waals surface area contributed by atoms with Gasteiger partial charge in [0.05, 0.1) is 0 Å². The van der Waals surface area contributed by atoms with Gasteiger partial charge in [-0.15, -0.1) is 0 Å². The number of fused-ring (bicyclic) bond motifs is 1. The minimum absolute atomic E-state index is 0.0289. The molecule has 0 aromatic heterocycles. The number of para-hydroxylation sites is 1. The first-order valence-corrected chi connectivity index (χ1v) is 11.8. The molecule has 0 bridgehead atoms. The quantitative estimate of drug-likeness (QED) is 0.403. The van der Waals surface area contributed by atoms with Gasteiger partial charge in [-0.05, 0) is 71.5 Å². The van der Waals surface area contributed by atoms with Gasteiger partial charge in [-0.3, -0.25) is 9.59 Å². The minimum Gasteiger partial charge on any atom is -0.326 e. The Balaban J connectivity index is 1.35. The van der Waals surface area contributed by atoms with Gasteiger partial charge in [-0.2, -0.15) is 0 Å². The molecule has 174 valence electrons. The molecule has 4 aromatic carbocycles. The molecule has 5 nitrogen and oxygen atoms in total. The van der Waals surface area contributed by atoms with Gasteiger partial charge in [0.2, 0.25) is 0 Å². The van der Waals surface area contributed by atoms with E-state index >= 15 is 0 Å². The third-order valence-corrected chi connectivity index (χ3v) is 6.44. The van der Waals surface area contributed by atoms with Crippen molar-refractivity contribution < 1.29 is 9.59 Å². The maximum absolute atomic E-state index is 13.2. The van der Waals surface area contributed by atoms with E-state index in [1.807, 2.05) is 71.6 Å². The number of amides is 2. The van der Waals surface area contributed by atoms with Crippen molar-refractivity contribution in [2.45, 2.75) is 19.4 Å². The molecule has 2 amide bonds.